The van der Waals surface area contributed by atoms with Crippen molar-refractivity contribution in [3.05, 3.63) is 58.8 Å². The molecular weight excluding hydrogens is 377 g/mol. The fourth-order valence-corrected chi connectivity index (χ4v) is 4.55. The molecule has 8 heteroatoms. The summed E-state index contributed by atoms with van der Waals surface area (Å²) >= 11 is 1.36. The number of nitrogens with one attached hydrogen (secondary N) is 1. The van der Waals surface area contributed by atoms with E-state index in [0.717, 1.165) is 28.8 Å². The molecule has 0 radical (unpaired) electrons. The summed E-state index contributed by atoms with van der Waals surface area (Å²) in [6.07, 6.45) is 5.23. The van der Waals surface area contributed by atoms with E-state index >= 15 is 0 Å². The molecule has 0 saturated carbocycles. The van der Waals surface area contributed by atoms with Gasteiger partial charge in [-0.1, -0.05) is 12.1 Å². The van der Waals surface area contributed by atoms with Crippen molar-refractivity contribution in [3.8, 4) is 21.6 Å². The number of hydrogen-bond acceptors (Lipinski definition) is 4. The number of aromatic amines is 1. The van der Waals surface area contributed by atoms with Crippen molar-refractivity contribution < 1.29 is 9.18 Å². The molecule has 28 heavy (non-hydrogen) atoms. The Morgan fingerprint density at radius 2 is 2.25 bits per heavy atom. The fraction of sp³-hybridized carbons (Fsp3) is 0.250. The number of rotatable bonds is 3. The van der Waals surface area contributed by atoms with E-state index in [0.29, 0.717) is 23.5 Å². The molecule has 1 amide bonds. The molecule has 1 atom stereocenters. The predicted molar refractivity (Wildman–Crippen MR) is 107 cm³/mol. The van der Waals surface area contributed by atoms with Crippen LogP contribution >= 0.6 is 11.3 Å². The monoisotopic (exact) mass is 395 g/mol. The lowest BCUT2D eigenvalue weighted by Gasteiger charge is -2.30. The maximum Gasteiger partial charge on any atom is 0.264 e. The van der Waals surface area contributed by atoms with Gasteiger partial charge in [-0.2, -0.15) is 5.10 Å². The third-order valence-corrected chi connectivity index (χ3v) is 6.00. The number of piperidine rings is 1. The van der Waals surface area contributed by atoms with E-state index in [1.165, 1.54) is 23.5 Å². The van der Waals surface area contributed by atoms with Gasteiger partial charge >= 0.3 is 0 Å². The highest BCUT2D eigenvalue weighted by atomic mass is 32.1. The van der Waals surface area contributed by atoms with Gasteiger partial charge < -0.3 is 10.6 Å². The number of hydrogen-bond donors (Lipinski definition) is 2. The number of aromatic nitrogens is 2. The van der Waals surface area contributed by atoms with Gasteiger partial charge in [0, 0.05) is 41.3 Å². The molecule has 142 valence electrons. The van der Waals surface area contributed by atoms with Crippen LogP contribution in [0.2, 0.25) is 0 Å². The number of H-pyrrole nitrogens is 1. The minimum Gasteiger partial charge on any atom is -0.336 e. The predicted octanol–water partition coefficient (Wildman–Crippen LogP) is 4.06. The van der Waals surface area contributed by atoms with E-state index in [4.69, 9.17) is 12.3 Å². The third-order valence-electron chi connectivity index (χ3n) is 4.83. The molecule has 4 rings (SSSR count). The first-order chi connectivity index (χ1) is 13.6. The van der Waals surface area contributed by atoms with Crippen LogP contribution in [-0.4, -0.2) is 40.1 Å². The first-order valence-corrected chi connectivity index (χ1v) is 9.73. The molecular formula is C20H18FN5OS. The Hall–Kier alpha value is -3.02. The normalized spacial score (nSPS) is 16.8. The quantitative estimate of drug-likeness (QED) is 0.657. The number of nitrogens with zero attached hydrogens (tertiary/aromatic N) is 3. The Morgan fingerprint density at radius 1 is 1.39 bits per heavy atom. The van der Waals surface area contributed by atoms with Crippen molar-refractivity contribution in [1.82, 2.24) is 15.1 Å². The molecule has 0 spiro atoms. The highest BCUT2D eigenvalue weighted by Gasteiger charge is 2.25. The zero-order valence-corrected chi connectivity index (χ0v) is 15.8. The van der Waals surface area contributed by atoms with Crippen LogP contribution in [0.4, 0.5) is 10.1 Å². The Balaban J connectivity index is 1.76. The van der Waals surface area contributed by atoms with Gasteiger partial charge in [-0.3, -0.25) is 9.89 Å². The second kappa shape index (κ2) is 7.54. The second-order valence-corrected chi connectivity index (χ2v) is 7.82. The van der Waals surface area contributed by atoms with Gasteiger partial charge in [0.1, 0.15) is 5.82 Å². The maximum atomic E-state index is 14.2. The summed E-state index contributed by atoms with van der Waals surface area (Å²) in [7, 11) is 0. The molecule has 2 aromatic heterocycles. The zero-order chi connectivity index (χ0) is 19.7. The number of benzene rings is 1. The van der Waals surface area contributed by atoms with Crippen molar-refractivity contribution in [2.24, 2.45) is 5.73 Å². The van der Waals surface area contributed by atoms with Crippen LogP contribution in [0.5, 0.6) is 0 Å². The SMILES string of the molecule is [C-]#[N+]c1ccc(-c2cc(C(=O)N3CCC[C@@H](N)C3)sc2-c2cn[nH]c2)cc1F. The van der Waals surface area contributed by atoms with Crippen molar-refractivity contribution in [1.29, 1.82) is 0 Å². The molecule has 1 fully saturated rings. The number of nitrogens with two attached hydrogens (primary N) is 1. The second-order valence-electron chi connectivity index (χ2n) is 6.77. The highest BCUT2D eigenvalue weighted by molar-refractivity contribution is 7.18. The largest absolute Gasteiger partial charge is 0.336 e. The lowest BCUT2D eigenvalue weighted by atomic mass is 10.0. The Morgan fingerprint density at radius 3 is 2.93 bits per heavy atom. The number of halogens is 1. The van der Waals surface area contributed by atoms with Gasteiger partial charge in [-0.15, -0.1) is 11.3 Å². The summed E-state index contributed by atoms with van der Waals surface area (Å²) in [5, 5.41) is 6.76. The highest BCUT2D eigenvalue weighted by Crippen LogP contribution is 2.40. The molecule has 0 bridgehead atoms. The molecule has 3 heterocycles. The van der Waals surface area contributed by atoms with E-state index in [2.05, 4.69) is 15.0 Å². The van der Waals surface area contributed by atoms with Crippen molar-refractivity contribution in [2.45, 2.75) is 18.9 Å². The van der Waals surface area contributed by atoms with E-state index < -0.39 is 5.82 Å². The van der Waals surface area contributed by atoms with Gasteiger partial charge in [0.25, 0.3) is 5.91 Å². The van der Waals surface area contributed by atoms with Crippen LogP contribution in [0, 0.1) is 12.4 Å². The van der Waals surface area contributed by atoms with Gasteiger partial charge in [-0.05, 0) is 30.5 Å². The minimum absolute atomic E-state index is 0.000685. The maximum absolute atomic E-state index is 14.2. The Kier molecular flexibility index (Phi) is 4.94. The number of likely N-dealkylation sites (tertiary alicyclic amines) is 1. The van der Waals surface area contributed by atoms with E-state index in [9.17, 15) is 9.18 Å². The summed E-state index contributed by atoms with van der Waals surface area (Å²) in [6.45, 7) is 8.25. The molecule has 3 aromatic rings. The summed E-state index contributed by atoms with van der Waals surface area (Å²) in [5.41, 5.74) is 8.18. The molecule has 1 aliphatic rings. The third kappa shape index (κ3) is 3.42. The van der Waals surface area contributed by atoms with Crippen LogP contribution < -0.4 is 5.73 Å². The average molecular weight is 395 g/mol. The van der Waals surface area contributed by atoms with Gasteiger partial charge in [0.05, 0.1) is 17.6 Å². The van der Waals surface area contributed by atoms with Gasteiger partial charge in [0.2, 0.25) is 5.69 Å². The topological polar surface area (TPSA) is 79.4 Å². The number of thiophene rings is 1. The summed E-state index contributed by atoms with van der Waals surface area (Å²) in [4.78, 5) is 19.4. The Bertz CT molecular complexity index is 1050. The summed E-state index contributed by atoms with van der Waals surface area (Å²) < 4.78 is 14.2. The van der Waals surface area contributed by atoms with Crippen LogP contribution in [0.15, 0.2) is 36.7 Å². The molecule has 1 aromatic carbocycles. The average Bonchev–Trinajstić information content (AvgIpc) is 3.37. The number of carbonyl (C=O) groups is 1. The van der Waals surface area contributed by atoms with Crippen LogP contribution in [0.1, 0.15) is 22.5 Å². The molecule has 0 unspecified atom stereocenters. The smallest absolute Gasteiger partial charge is 0.264 e. The first kappa shape index (κ1) is 18.3. The van der Waals surface area contributed by atoms with Crippen LogP contribution in [-0.2, 0) is 0 Å². The van der Waals surface area contributed by atoms with Crippen LogP contribution in [0.3, 0.4) is 0 Å². The van der Waals surface area contributed by atoms with E-state index in [1.54, 1.807) is 29.4 Å². The Labute approximate surface area is 165 Å². The molecule has 6 nitrogen and oxygen atoms in total. The van der Waals surface area contributed by atoms with Gasteiger partial charge in [0.15, 0.2) is 0 Å². The standard InChI is InChI=1S/C20H18FN5OS/c1-23-17-5-4-12(7-16(17)21)15-8-18(28-19(15)13-9-24-25-10-13)20(27)26-6-2-3-14(22)11-26/h4-5,7-10,14H,2-3,6,11,22H2,(H,24,25)/t14-/m1/s1. The molecule has 3 N–H and O–H groups in total. The lowest BCUT2D eigenvalue weighted by molar-refractivity contribution is 0.0714. The van der Waals surface area contributed by atoms with Crippen molar-refractivity contribution >= 4 is 22.9 Å². The number of carbonyl (C=O) groups excluding carboxylic acids is 1. The van der Waals surface area contributed by atoms with Gasteiger partial charge in [-0.25, -0.2) is 9.24 Å². The molecule has 0 aliphatic carbocycles. The molecule has 1 saturated heterocycles. The first-order valence-electron chi connectivity index (χ1n) is 8.92. The summed E-state index contributed by atoms with van der Waals surface area (Å²) in [6, 6.07) is 6.29. The minimum atomic E-state index is -0.577. The van der Waals surface area contributed by atoms with E-state index in [1.807, 2.05) is 0 Å². The fourth-order valence-electron chi connectivity index (χ4n) is 3.42. The molecule has 1 aliphatic heterocycles. The van der Waals surface area contributed by atoms with Crippen LogP contribution in [0.25, 0.3) is 26.4 Å². The van der Waals surface area contributed by atoms with Crippen molar-refractivity contribution in [3.63, 3.8) is 0 Å². The lowest BCUT2D eigenvalue weighted by Crippen LogP contribution is -2.45. The van der Waals surface area contributed by atoms with E-state index in [-0.39, 0.29) is 17.6 Å². The zero-order valence-electron chi connectivity index (χ0n) is 15.0. The number of amides is 1. The summed E-state index contributed by atoms with van der Waals surface area (Å²) in [5.74, 6) is -0.638. The van der Waals surface area contributed by atoms with Crippen molar-refractivity contribution in [2.75, 3.05) is 13.1 Å².